The lowest BCUT2D eigenvalue weighted by Gasteiger charge is -2.14. The third-order valence-electron chi connectivity index (χ3n) is 6.50. The van der Waals surface area contributed by atoms with Crippen molar-refractivity contribution >= 4 is 38.4 Å². The Labute approximate surface area is 192 Å². The average molecular weight is 462 g/mol. The second-order valence-corrected chi connectivity index (χ2v) is 9.90. The van der Waals surface area contributed by atoms with Crippen LogP contribution in [0.5, 0.6) is 0 Å². The summed E-state index contributed by atoms with van der Waals surface area (Å²) in [5, 5.41) is 1.18. The minimum Gasteiger partial charge on any atom is -0.298 e. The fraction of sp³-hybridized carbons (Fsp3) is 0.375. The maximum atomic E-state index is 13.1. The van der Waals surface area contributed by atoms with Crippen LogP contribution >= 0.6 is 11.3 Å². The molecule has 0 unspecified atom stereocenters. The molecule has 0 atom stereocenters. The summed E-state index contributed by atoms with van der Waals surface area (Å²) >= 11 is 1.61. The van der Waals surface area contributed by atoms with Crippen LogP contribution in [0.4, 0.5) is 0 Å². The van der Waals surface area contributed by atoms with Crippen LogP contribution in [-0.4, -0.2) is 25.1 Å². The van der Waals surface area contributed by atoms with Gasteiger partial charge in [0.15, 0.2) is 0 Å². The number of nitrogens with one attached hydrogen (secondary N) is 1. The van der Waals surface area contributed by atoms with E-state index in [1.54, 1.807) is 23.5 Å². The molecule has 4 aromatic rings. The minimum absolute atomic E-state index is 0.0583. The third-order valence-corrected chi connectivity index (χ3v) is 7.70. The van der Waals surface area contributed by atoms with Gasteiger partial charge in [-0.25, -0.2) is 14.6 Å². The molecule has 0 saturated heterocycles. The number of nitrogens with zero attached hydrogens (tertiary/aromatic N) is 4. The lowest BCUT2D eigenvalue weighted by atomic mass is 9.97. The van der Waals surface area contributed by atoms with Crippen molar-refractivity contribution in [1.29, 1.82) is 0 Å². The normalized spacial score (nSPS) is 15.6. The van der Waals surface area contributed by atoms with E-state index in [0.29, 0.717) is 22.1 Å². The minimum atomic E-state index is -0.338. The Kier molecular flexibility index (Phi) is 4.86. The topological polar surface area (TPSA) is 98.9 Å². The van der Waals surface area contributed by atoms with Crippen LogP contribution in [0.25, 0.3) is 21.1 Å². The van der Waals surface area contributed by atoms with Gasteiger partial charge in [-0.2, -0.15) is 0 Å². The van der Waals surface area contributed by atoms with Crippen molar-refractivity contribution in [1.82, 2.24) is 19.2 Å². The maximum Gasteiger partial charge on any atom is 0.280 e. The Balaban J connectivity index is 1.26. The molecule has 0 bridgehead atoms. The molecule has 0 spiro atoms. The molecule has 2 aliphatic carbocycles. The van der Waals surface area contributed by atoms with Crippen molar-refractivity contribution in [3.63, 3.8) is 0 Å². The van der Waals surface area contributed by atoms with E-state index in [1.807, 2.05) is 12.1 Å². The van der Waals surface area contributed by atoms with Crippen LogP contribution in [-0.2, 0) is 24.2 Å². The number of amides is 1. The molecule has 1 N–H and O–H groups in total. The first-order valence-electron chi connectivity index (χ1n) is 11.4. The molecule has 1 amide bonds. The molecule has 0 radical (unpaired) electrons. The first-order chi connectivity index (χ1) is 16.1. The highest BCUT2D eigenvalue weighted by molar-refractivity contribution is 7.18. The molecule has 168 valence electrons. The number of hydrogen-bond donors (Lipinski definition) is 1. The zero-order chi connectivity index (χ0) is 22.5. The first kappa shape index (κ1) is 20.3. The largest absolute Gasteiger partial charge is 0.298 e. The molecule has 8 nitrogen and oxygen atoms in total. The van der Waals surface area contributed by atoms with Crippen LogP contribution < -0.4 is 16.5 Å². The van der Waals surface area contributed by atoms with E-state index in [2.05, 4.69) is 15.4 Å². The van der Waals surface area contributed by atoms with Crippen molar-refractivity contribution in [2.45, 2.75) is 57.4 Å². The van der Waals surface area contributed by atoms with E-state index >= 15 is 0 Å². The van der Waals surface area contributed by atoms with Gasteiger partial charge in [0.25, 0.3) is 11.1 Å². The molecular formula is C24H23N5O3S. The number of para-hydroxylation sites is 1. The second-order valence-electron chi connectivity index (χ2n) is 8.82. The van der Waals surface area contributed by atoms with Crippen molar-refractivity contribution in [2.75, 3.05) is 5.43 Å². The van der Waals surface area contributed by atoms with E-state index in [-0.39, 0.29) is 35.9 Å². The molecule has 1 aromatic carbocycles. The summed E-state index contributed by atoms with van der Waals surface area (Å²) in [5.74, 6) is 0.439. The van der Waals surface area contributed by atoms with Crippen LogP contribution in [0.15, 0.2) is 40.2 Å². The van der Waals surface area contributed by atoms with Crippen LogP contribution in [0.2, 0.25) is 0 Å². The predicted molar refractivity (Wildman–Crippen MR) is 127 cm³/mol. The summed E-state index contributed by atoms with van der Waals surface area (Å²) in [7, 11) is 0. The Bertz CT molecular complexity index is 1530. The average Bonchev–Trinajstić information content (AvgIpc) is 3.60. The van der Waals surface area contributed by atoms with Crippen molar-refractivity contribution in [3.05, 3.63) is 67.6 Å². The van der Waals surface area contributed by atoms with Gasteiger partial charge in [-0.1, -0.05) is 12.1 Å². The maximum absolute atomic E-state index is 13.1. The molecule has 6 rings (SSSR count). The zero-order valence-corrected chi connectivity index (χ0v) is 18.9. The summed E-state index contributed by atoms with van der Waals surface area (Å²) in [5.41, 5.74) is 4.15. The Morgan fingerprint density at radius 1 is 1.12 bits per heavy atom. The monoisotopic (exact) mass is 461 g/mol. The Morgan fingerprint density at radius 2 is 1.94 bits per heavy atom. The van der Waals surface area contributed by atoms with Gasteiger partial charge >= 0.3 is 0 Å². The van der Waals surface area contributed by atoms with Gasteiger partial charge in [0.1, 0.15) is 10.7 Å². The van der Waals surface area contributed by atoms with E-state index in [4.69, 9.17) is 0 Å². The highest BCUT2D eigenvalue weighted by Crippen LogP contribution is 2.38. The summed E-state index contributed by atoms with van der Waals surface area (Å²) in [4.78, 5) is 50.1. The van der Waals surface area contributed by atoms with Gasteiger partial charge in [0, 0.05) is 23.8 Å². The number of aromatic nitrogens is 4. The fourth-order valence-corrected chi connectivity index (χ4v) is 5.84. The van der Waals surface area contributed by atoms with Crippen molar-refractivity contribution in [3.8, 4) is 0 Å². The number of rotatable bonds is 5. The van der Waals surface area contributed by atoms with Crippen LogP contribution in [0.3, 0.4) is 0 Å². The van der Waals surface area contributed by atoms with Gasteiger partial charge in [-0.3, -0.25) is 24.4 Å². The molecule has 1 fully saturated rings. The smallest absolute Gasteiger partial charge is 0.280 e. The van der Waals surface area contributed by atoms with Crippen molar-refractivity contribution in [2.24, 2.45) is 0 Å². The lowest BCUT2D eigenvalue weighted by molar-refractivity contribution is -0.117. The number of carbonyl (C=O) groups is 1. The van der Waals surface area contributed by atoms with Crippen LogP contribution in [0.1, 0.15) is 54.3 Å². The van der Waals surface area contributed by atoms with Crippen LogP contribution in [0, 0.1) is 0 Å². The van der Waals surface area contributed by atoms with Crippen molar-refractivity contribution < 1.29 is 4.79 Å². The Morgan fingerprint density at radius 3 is 2.79 bits per heavy atom. The SMILES string of the molecule is O=C(CCn1cnc2sc3c(c2c1=O)CCCC3)Nn1c(C2CC2)nc2ccccc2c1=O. The second kappa shape index (κ2) is 7.91. The standard InChI is InChI=1S/C24H23N5O3S/c30-19(27-29-21(14-9-10-14)26-17-7-3-1-5-15(17)23(29)31)11-12-28-13-25-22-20(24(28)32)16-6-2-4-8-18(16)33-22/h1,3,5,7,13-14H,2,4,6,8-12H2,(H,27,30). The predicted octanol–water partition coefficient (Wildman–Crippen LogP) is 3.08. The highest BCUT2D eigenvalue weighted by Gasteiger charge is 2.30. The quantitative estimate of drug-likeness (QED) is 0.492. The van der Waals surface area contributed by atoms with Gasteiger partial charge < -0.3 is 0 Å². The Hall–Kier alpha value is -3.33. The highest BCUT2D eigenvalue weighted by atomic mass is 32.1. The number of aryl methyl sites for hydroxylation is 3. The van der Waals surface area contributed by atoms with E-state index < -0.39 is 0 Å². The summed E-state index contributed by atoms with van der Waals surface area (Å²) < 4.78 is 2.80. The number of hydrogen-bond acceptors (Lipinski definition) is 6. The molecular weight excluding hydrogens is 438 g/mol. The molecule has 33 heavy (non-hydrogen) atoms. The number of fused-ring (bicyclic) bond motifs is 4. The van der Waals surface area contributed by atoms with Gasteiger partial charge in [0.05, 0.1) is 22.6 Å². The number of carbonyl (C=O) groups excluding carboxylic acids is 1. The third kappa shape index (κ3) is 3.56. The number of benzene rings is 1. The fourth-order valence-electron chi connectivity index (χ4n) is 4.62. The summed E-state index contributed by atoms with van der Waals surface area (Å²) in [6.07, 6.45) is 7.66. The van der Waals surface area contributed by atoms with E-state index in [9.17, 15) is 14.4 Å². The molecule has 3 aromatic heterocycles. The number of thiophene rings is 1. The van der Waals surface area contributed by atoms with E-state index in [0.717, 1.165) is 48.9 Å². The van der Waals surface area contributed by atoms with Gasteiger partial charge in [-0.15, -0.1) is 11.3 Å². The van der Waals surface area contributed by atoms with Gasteiger partial charge in [0.2, 0.25) is 5.91 Å². The molecule has 3 heterocycles. The molecule has 2 aliphatic rings. The summed E-state index contributed by atoms with van der Waals surface area (Å²) in [6.45, 7) is 0.201. The first-order valence-corrected chi connectivity index (χ1v) is 12.2. The summed E-state index contributed by atoms with van der Waals surface area (Å²) in [6, 6.07) is 7.16. The molecule has 1 saturated carbocycles. The molecule has 9 heteroatoms. The lowest BCUT2D eigenvalue weighted by Crippen LogP contribution is -2.37. The van der Waals surface area contributed by atoms with E-state index in [1.165, 1.54) is 20.4 Å². The molecule has 0 aliphatic heterocycles. The zero-order valence-electron chi connectivity index (χ0n) is 18.0. The van der Waals surface area contributed by atoms with Gasteiger partial charge in [-0.05, 0) is 56.2 Å².